The van der Waals surface area contributed by atoms with Crippen LogP contribution in [0.2, 0.25) is 0 Å². The third kappa shape index (κ3) is 4.09. The van der Waals surface area contributed by atoms with Crippen LogP contribution in [0.1, 0.15) is 42.7 Å². The lowest BCUT2D eigenvalue weighted by Gasteiger charge is -2.22. The van der Waals surface area contributed by atoms with Crippen LogP contribution >= 0.6 is 0 Å². The molecule has 2 amide bonds. The molecule has 0 atom stereocenters. The SMILES string of the molecule is O=C(CCNC(=O)c1ccco1)NCC1(O)CCCC1. The minimum absolute atomic E-state index is 0.176. The van der Waals surface area contributed by atoms with Gasteiger partial charge in [-0.25, -0.2) is 0 Å². The predicted octanol–water partition coefficient (Wildman–Crippen LogP) is 0.821. The Bertz CT molecular complexity index is 450. The Labute approximate surface area is 117 Å². The number of carbonyl (C=O) groups excluding carboxylic acids is 2. The van der Waals surface area contributed by atoms with Gasteiger partial charge in [-0.05, 0) is 25.0 Å². The molecular formula is C14H20N2O4. The van der Waals surface area contributed by atoms with Gasteiger partial charge in [0.05, 0.1) is 11.9 Å². The molecule has 110 valence electrons. The fourth-order valence-corrected chi connectivity index (χ4v) is 2.35. The Kier molecular flexibility index (Phi) is 4.79. The number of rotatable bonds is 6. The summed E-state index contributed by atoms with van der Waals surface area (Å²) in [4.78, 5) is 23.1. The van der Waals surface area contributed by atoms with Crippen molar-refractivity contribution in [3.05, 3.63) is 24.2 Å². The lowest BCUT2D eigenvalue weighted by Crippen LogP contribution is -2.41. The van der Waals surface area contributed by atoms with Gasteiger partial charge in [0, 0.05) is 19.5 Å². The minimum atomic E-state index is -0.743. The van der Waals surface area contributed by atoms with E-state index in [1.807, 2.05) is 0 Å². The third-order valence-corrected chi connectivity index (χ3v) is 3.53. The van der Waals surface area contributed by atoms with Crippen LogP contribution in [0, 0.1) is 0 Å². The van der Waals surface area contributed by atoms with Crippen molar-refractivity contribution in [3.8, 4) is 0 Å². The third-order valence-electron chi connectivity index (χ3n) is 3.53. The Morgan fingerprint density at radius 1 is 1.30 bits per heavy atom. The molecule has 0 radical (unpaired) electrons. The van der Waals surface area contributed by atoms with Crippen LogP contribution in [0.4, 0.5) is 0 Å². The molecule has 1 saturated carbocycles. The normalized spacial score (nSPS) is 16.9. The molecule has 1 aromatic rings. The van der Waals surface area contributed by atoms with Gasteiger partial charge in [-0.1, -0.05) is 12.8 Å². The number of nitrogens with one attached hydrogen (secondary N) is 2. The van der Waals surface area contributed by atoms with E-state index in [0.29, 0.717) is 0 Å². The van der Waals surface area contributed by atoms with Gasteiger partial charge in [0.25, 0.3) is 5.91 Å². The topological polar surface area (TPSA) is 91.6 Å². The maximum atomic E-state index is 11.6. The first-order valence-corrected chi connectivity index (χ1v) is 6.90. The Balaban J connectivity index is 1.62. The molecule has 0 aromatic carbocycles. The summed E-state index contributed by atoms with van der Waals surface area (Å²) < 4.78 is 4.94. The highest BCUT2D eigenvalue weighted by atomic mass is 16.3. The number of furan rings is 1. The smallest absolute Gasteiger partial charge is 0.286 e. The number of hydrogen-bond acceptors (Lipinski definition) is 4. The van der Waals surface area contributed by atoms with Gasteiger partial charge in [-0.15, -0.1) is 0 Å². The van der Waals surface area contributed by atoms with Crippen molar-refractivity contribution in [2.24, 2.45) is 0 Å². The molecule has 6 nitrogen and oxygen atoms in total. The first-order valence-electron chi connectivity index (χ1n) is 6.90. The van der Waals surface area contributed by atoms with Crippen LogP contribution in [0.15, 0.2) is 22.8 Å². The van der Waals surface area contributed by atoms with E-state index in [9.17, 15) is 14.7 Å². The van der Waals surface area contributed by atoms with Crippen LogP contribution in [-0.2, 0) is 4.79 Å². The van der Waals surface area contributed by atoms with E-state index in [-0.39, 0.29) is 37.1 Å². The van der Waals surface area contributed by atoms with Crippen molar-refractivity contribution in [2.45, 2.75) is 37.7 Å². The van der Waals surface area contributed by atoms with Crippen molar-refractivity contribution in [2.75, 3.05) is 13.1 Å². The van der Waals surface area contributed by atoms with Gasteiger partial charge in [0.2, 0.25) is 5.91 Å². The highest BCUT2D eigenvalue weighted by molar-refractivity contribution is 5.91. The van der Waals surface area contributed by atoms with Crippen LogP contribution in [-0.4, -0.2) is 35.6 Å². The first kappa shape index (κ1) is 14.6. The fourth-order valence-electron chi connectivity index (χ4n) is 2.35. The monoisotopic (exact) mass is 280 g/mol. The summed E-state index contributed by atoms with van der Waals surface area (Å²) in [5, 5.41) is 15.4. The van der Waals surface area contributed by atoms with Crippen LogP contribution in [0.5, 0.6) is 0 Å². The molecule has 6 heteroatoms. The summed E-state index contributed by atoms with van der Waals surface area (Å²) in [5.41, 5.74) is -0.743. The van der Waals surface area contributed by atoms with E-state index in [1.165, 1.54) is 6.26 Å². The predicted molar refractivity (Wildman–Crippen MR) is 72.1 cm³/mol. The maximum Gasteiger partial charge on any atom is 0.286 e. The molecule has 3 N–H and O–H groups in total. The molecule has 0 unspecified atom stereocenters. The molecular weight excluding hydrogens is 260 g/mol. The summed E-state index contributed by atoms with van der Waals surface area (Å²) in [6.07, 6.45) is 5.09. The van der Waals surface area contributed by atoms with E-state index in [0.717, 1.165) is 25.7 Å². The second kappa shape index (κ2) is 6.56. The van der Waals surface area contributed by atoms with E-state index < -0.39 is 5.60 Å². The van der Waals surface area contributed by atoms with Gasteiger partial charge in [0.1, 0.15) is 0 Å². The van der Waals surface area contributed by atoms with Crippen molar-refractivity contribution in [1.82, 2.24) is 10.6 Å². The fraction of sp³-hybridized carbons (Fsp3) is 0.571. The van der Waals surface area contributed by atoms with Crippen LogP contribution in [0.3, 0.4) is 0 Å². The Morgan fingerprint density at radius 3 is 2.70 bits per heavy atom. The summed E-state index contributed by atoms with van der Waals surface area (Å²) in [7, 11) is 0. The van der Waals surface area contributed by atoms with E-state index in [4.69, 9.17) is 4.42 Å². The molecule has 1 fully saturated rings. The number of carbonyl (C=O) groups is 2. The first-order chi connectivity index (χ1) is 9.59. The molecule has 0 aliphatic heterocycles. The lowest BCUT2D eigenvalue weighted by molar-refractivity contribution is -0.122. The average Bonchev–Trinajstić information content (AvgIpc) is 3.08. The van der Waals surface area contributed by atoms with Gasteiger partial charge >= 0.3 is 0 Å². The van der Waals surface area contributed by atoms with Gasteiger partial charge in [-0.3, -0.25) is 9.59 Å². The van der Waals surface area contributed by atoms with E-state index in [2.05, 4.69) is 10.6 Å². The largest absolute Gasteiger partial charge is 0.459 e. The zero-order chi connectivity index (χ0) is 14.4. The molecule has 1 aliphatic rings. The molecule has 1 aliphatic carbocycles. The molecule has 2 rings (SSSR count). The number of hydrogen-bond donors (Lipinski definition) is 3. The van der Waals surface area contributed by atoms with Crippen molar-refractivity contribution in [3.63, 3.8) is 0 Å². The van der Waals surface area contributed by atoms with Crippen molar-refractivity contribution < 1.29 is 19.1 Å². The summed E-state index contributed by atoms with van der Waals surface area (Å²) >= 11 is 0. The van der Waals surface area contributed by atoms with Crippen molar-refractivity contribution >= 4 is 11.8 Å². The molecule has 1 aromatic heterocycles. The lowest BCUT2D eigenvalue weighted by atomic mass is 10.0. The van der Waals surface area contributed by atoms with Crippen LogP contribution in [0.25, 0.3) is 0 Å². The molecule has 1 heterocycles. The van der Waals surface area contributed by atoms with Crippen LogP contribution < -0.4 is 10.6 Å². The van der Waals surface area contributed by atoms with E-state index in [1.54, 1.807) is 12.1 Å². The summed E-state index contributed by atoms with van der Waals surface area (Å²) in [6, 6.07) is 3.19. The van der Waals surface area contributed by atoms with Crippen molar-refractivity contribution in [1.29, 1.82) is 0 Å². The zero-order valence-electron chi connectivity index (χ0n) is 11.4. The minimum Gasteiger partial charge on any atom is -0.459 e. The Morgan fingerprint density at radius 2 is 2.05 bits per heavy atom. The maximum absolute atomic E-state index is 11.6. The zero-order valence-corrected chi connectivity index (χ0v) is 11.4. The highest BCUT2D eigenvalue weighted by Gasteiger charge is 2.31. The average molecular weight is 280 g/mol. The molecule has 20 heavy (non-hydrogen) atoms. The second-order valence-corrected chi connectivity index (χ2v) is 5.19. The molecule has 0 spiro atoms. The second-order valence-electron chi connectivity index (χ2n) is 5.19. The summed E-state index contributed by atoms with van der Waals surface area (Å²) in [6.45, 7) is 0.530. The number of aliphatic hydroxyl groups is 1. The van der Waals surface area contributed by atoms with Gasteiger partial charge in [-0.2, -0.15) is 0 Å². The molecule has 0 saturated heterocycles. The molecule has 0 bridgehead atoms. The van der Waals surface area contributed by atoms with Gasteiger partial charge < -0.3 is 20.2 Å². The Hall–Kier alpha value is -1.82. The quantitative estimate of drug-likeness (QED) is 0.719. The number of amides is 2. The van der Waals surface area contributed by atoms with E-state index >= 15 is 0 Å². The standard InChI is InChI=1S/C14H20N2O4/c17-12(16-10-14(19)6-1-2-7-14)5-8-15-13(18)11-4-3-9-20-11/h3-4,9,19H,1-2,5-8,10H2,(H,15,18)(H,16,17). The highest BCUT2D eigenvalue weighted by Crippen LogP contribution is 2.28. The summed E-state index contributed by atoms with van der Waals surface area (Å²) in [5.74, 6) is -0.284. The van der Waals surface area contributed by atoms with Gasteiger partial charge in [0.15, 0.2) is 5.76 Å².